The van der Waals surface area contributed by atoms with Crippen molar-refractivity contribution in [2.45, 2.75) is 51.9 Å². The molecule has 1 heterocycles. The molecule has 0 radical (unpaired) electrons. The molecular formula is C24H40N4O3S. The molecular weight excluding hydrogens is 424 g/mol. The van der Waals surface area contributed by atoms with Gasteiger partial charge in [0.1, 0.15) is 0 Å². The van der Waals surface area contributed by atoms with Crippen LogP contribution in [0.25, 0.3) is 0 Å². The standard InChI is InChI=1S/C24H40N4O3S/c1-21(29)25-23-11-8-12-24(19-23)27-17-15-26(16-18-27)13-6-7-14-28(32(2,30)31)20-22-9-4-3-5-10-22/h8,11-12,19,22H,3-7,9-10,13-18,20H2,1-2H3,(H,25,29). The summed E-state index contributed by atoms with van der Waals surface area (Å²) in [6, 6.07) is 8.01. The maximum absolute atomic E-state index is 12.2. The lowest BCUT2D eigenvalue weighted by Gasteiger charge is -2.36. The highest BCUT2D eigenvalue weighted by Gasteiger charge is 2.23. The van der Waals surface area contributed by atoms with Crippen molar-refractivity contribution in [1.82, 2.24) is 9.21 Å². The fraction of sp³-hybridized carbons (Fsp3) is 0.708. The van der Waals surface area contributed by atoms with Crippen LogP contribution in [0.4, 0.5) is 11.4 Å². The second kappa shape index (κ2) is 12.0. The summed E-state index contributed by atoms with van der Waals surface area (Å²) in [6.07, 6.45) is 9.42. The van der Waals surface area contributed by atoms with E-state index in [0.29, 0.717) is 19.0 Å². The van der Waals surface area contributed by atoms with Crippen molar-refractivity contribution in [2.24, 2.45) is 5.92 Å². The van der Waals surface area contributed by atoms with Crippen LogP contribution < -0.4 is 10.2 Å². The summed E-state index contributed by atoms with van der Waals surface area (Å²) in [4.78, 5) is 16.1. The van der Waals surface area contributed by atoms with Crippen molar-refractivity contribution in [2.75, 3.05) is 62.3 Å². The van der Waals surface area contributed by atoms with E-state index in [-0.39, 0.29) is 5.91 Å². The molecule has 180 valence electrons. The number of hydrogen-bond donors (Lipinski definition) is 1. The number of piperazine rings is 1. The third kappa shape index (κ3) is 8.05. The molecule has 1 aliphatic carbocycles. The molecule has 7 nitrogen and oxygen atoms in total. The first-order chi connectivity index (χ1) is 15.3. The van der Waals surface area contributed by atoms with E-state index < -0.39 is 10.0 Å². The summed E-state index contributed by atoms with van der Waals surface area (Å²) in [5, 5.41) is 2.85. The predicted molar refractivity (Wildman–Crippen MR) is 132 cm³/mol. The van der Waals surface area contributed by atoms with Crippen LogP contribution in [0.3, 0.4) is 0 Å². The van der Waals surface area contributed by atoms with Gasteiger partial charge in [-0.15, -0.1) is 0 Å². The first-order valence-corrected chi connectivity index (χ1v) is 14.0. The second-order valence-corrected chi connectivity index (χ2v) is 11.4. The fourth-order valence-electron chi connectivity index (χ4n) is 4.89. The molecule has 3 rings (SSSR count). The van der Waals surface area contributed by atoms with Crippen LogP contribution >= 0.6 is 0 Å². The van der Waals surface area contributed by atoms with Crippen LogP contribution in [0.2, 0.25) is 0 Å². The number of carbonyl (C=O) groups is 1. The lowest BCUT2D eigenvalue weighted by Crippen LogP contribution is -2.46. The highest BCUT2D eigenvalue weighted by Crippen LogP contribution is 2.25. The summed E-state index contributed by atoms with van der Waals surface area (Å²) in [7, 11) is -3.13. The van der Waals surface area contributed by atoms with Crippen molar-refractivity contribution in [3.63, 3.8) is 0 Å². The Balaban J connectivity index is 1.38. The van der Waals surface area contributed by atoms with Gasteiger partial charge in [0.25, 0.3) is 0 Å². The van der Waals surface area contributed by atoms with Gasteiger partial charge in [-0.3, -0.25) is 9.69 Å². The van der Waals surface area contributed by atoms with Crippen molar-refractivity contribution in [3.05, 3.63) is 24.3 Å². The zero-order valence-corrected chi connectivity index (χ0v) is 20.6. The molecule has 1 aromatic rings. The Morgan fingerprint density at radius 3 is 2.47 bits per heavy atom. The average Bonchev–Trinajstić information content (AvgIpc) is 2.76. The maximum atomic E-state index is 12.2. The molecule has 0 unspecified atom stereocenters. The zero-order valence-electron chi connectivity index (χ0n) is 19.8. The first kappa shape index (κ1) is 25.0. The molecule has 1 aliphatic heterocycles. The number of rotatable bonds is 10. The number of carbonyl (C=O) groups excluding carboxylic acids is 1. The highest BCUT2D eigenvalue weighted by molar-refractivity contribution is 7.88. The lowest BCUT2D eigenvalue weighted by atomic mass is 9.89. The van der Waals surface area contributed by atoms with Crippen LogP contribution in [0, 0.1) is 5.92 Å². The molecule has 2 fully saturated rings. The predicted octanol–water partition coefficient (Wildman–Crippen LogP) is 3.39. The Labute approximate surface area is 194 Å². The molecule has 32 heavy (non-hydrogen) atoms. The van der Waals surface area contributed by atoms with Crippen molar-refractivity contribution in [1.29, 1.82) is 0 Å². The topological polar surface area (TPSA) is 73.0 Å². The maximum Gasteiger partial charge on any atom is 0.221 e. The first-order valence-electron chi connectivity index (χ1n) is 12.1. The lowest BCUT2D eigenvalue weighted by molar-refractivity contribution is -0.114. The van der Waals surface area contributed by atoms with Gasteiger partial charge in [0, 0.05) is 57.6 Å². The summed E-state index contributed by atoms with van der Waals surface area (Å²) in [5.41, 5.74) is 1.98. The number of sulfonamides is 1. The molecule has 0 spiro atoms. The number of amides is 1. The van der Waals surface area contributed by atoms with Crippen molar-refractivity contribution >= 4 is 27.3 Å². The van der Waals surface area contributed by atoms with E-state index in [1.54, 1.807) is 4.31 Å². The van der Waals surface area contributed by atoms with E-state index in [9.17, 15) is 13.2 Å². The Bertz CT molecular complexity index is 831. The average molecular weight is 465 g/mol. The van der Waals surface area contributed by atoms with Crippen LogP contribution in [-0.2, 0) is 14.8 Å². The Morgan fingerprint density at radius 1 is 1.09 bits per heavy atom. The molecule has 0 atom stereocenters. The quantitative estimate of drug-likeness (QED) is 0.538. The zero-order chi connectivity index (χ0) is 23.0. The monoisotopic (exact) mass is 464 g/mol. The van der Waals surface area contributed by atoms with Crippen LogP contribution in [0.1, 0.15) is 51.9 Å². The van der Waals surface area contributed by atoms with Crippen LogP contribution in [0.5, 0.6) is 0 Å². The summed E-state index contributed by atoms with van der Waals surface area (Å²) < 4.78 is 26.2. The highest BCUT2D eigenvalue weighted by atomic mass is 32.2. The van der Waals surface area contributed by atoms with E-state index >= 15 is 0 Å². The van der Waals surface area contributed by atoms with Gasteiger partial charge >= 0.3 is 0 Å². The normalized spacial score (nSPS) is 18.8. The van der Waals surface area contributed by atoms with Gasteiger partial charge in [0.2, 0.25) is 15.9 Å². The largest absolute Gasteiger partial charge is 0.369 e. The van der Waals surface area contributed by atoms with Gasteiger partial charge in [0.15, 0.2) is 0 Å². The molecule has 1 saturated heterocycles. The van der Waals surface area contributed by atoms with Crippen LogP contribution in [0.15, 0.2) is 24.3 Å². The Hall–Kier alpha value is -1.64. The molecule has 1 aromatic carbocycles. The molecule has 1 N–H and O–H groups in total. The molecule has 1 saturated carbocycles. The molecule has 0 aromatic heterocycles. The summed E-state index contributed by atoms with van der Waals surface area (Å²) >= 11 is 0. The second-order valence-electron chi connectivity index (χ2n) is 9.39. The van der Waals surface area contributed by atoms with Gasteiger partial charge in [0.05, 0.1) is 6.26 Å². The minimum Gasteiger partial charge on any atom is -0.369 e. The van der Waals surface area contributed by atoms with Crippen molar-refractivity contribution in [3.8, 4) is 0 Å². The third-order valence-electron chi connectivity index (χ3n) is 6.69. The number of anilines is 2. The van der Waals surface area contributed by atoms with E-state index in [1.807, 2.05) is 18.2 Å². The molecule has 2 aliphatic rings. The SMILES string of the molecule is CC(=O)Nc1cccc(N2CCN(CCCCN(CC3CCCCC3)S(C)(=O)=O)CC2)c1. The fourth-order valence-corrected chi connectivity index (χ4v) is 5.83. The summed E-state index contributed by atoms with van der Waals surface area (Å²) in [5.74, 6) is 0.482. The number of nitrogens with zero attached hydrogens (tertiary/aromatic N) is 3. The summed E-state index contributed by atoms with van der Waals surface area (Å²) in [6.45, 7) is 7.81. The Kier molecular flexibility index (Phi) is 9.37. The molecule has 0 bridgehead atoms. The smallest absolute Gasteiger partial charge is 0.221 e. The number of hydrogen-bond acceptors (Lipinski definition) is 5. The minimum absolute atomic E-state index is 0.0554. The van der Waals surface area contributed by atoms with E-state index in [4.69, 9.17) is 0 Å². The van der Waals surface area contributed by atoms with E-state index in [0.717, 1.165) is 56.9 Å². The van der Waals surface area contributed by atoms with Gasteiger partial charge in [-0.25, -0.2) is 12.7 Å². The van der Waals surface area contributed by atoms with E-state index in [1.165, 1.54) is 45.3 Å². The van der Waals surface area contributed by atoms with Gasteiger partial charge in [-0.05, 0) is 56.3 Å². The number of benzene rings is 1. The van der Waals surface area contributed by atoms with Gasteiger partial charge < -0.3 is 10.2 Å². The van der Waals surface area contributed by atoms with Crippen molar-refractivity contribution < 1.29 is 13.2 Å². The number of unbranched alkanes of at least 4 members (excludes halogenated alkanes) is 1. The number of nitrogens with one attached hydrogen (secondary N) is 1. The van der Waals surface area contributed by atoms with Gasteiger partial charge in [-0.2, -0.15) is 0 Å². The van der Waals surface area contributed by atoms with Crippen LogP contribution in [-0.4, -0.2) is 75.6 Å². The van der Waals surface area contributed by atoms with Gasteiger partial charge in [-0.1, -0.05) is 25.3 Å². The minimum atomic E-state index is -3.13. The molecule has 8 heteroatoms. The Morgan fingerprint density at radius 2 is 1.81 bits per heavy atom. The third-order valence-corrected chi connectivity index (χ3v) is 7.96. The molecule has 1 amide bonds. The van der Waals surface area contributed by atoms with E-state index in [2.05, 4.69) is 21.2 Å².